The Labute approximate surface area is 124 Å². The minimum Gasteiger partial charge on any atom is -0.383 e. The molecule has 0 aromatic heterocycles. The Balaban J connectivity index is 2.17. The van der Waals surface area contributed by atoms with Crippen molar-refractivity contribution in [2.45, 2.75) is 51.5 Å². The Morgan fingerprint density at radius 2 is 2.25 bits per heavy atom. The fourth-order valence-electron chi connectivity index (χ4n) is 2.63. The van der Waals surface area contributed by atoms with Crippen molar-refractivity contribution in [3.63, 3.8) is 0 Å². The Hall–Kier alpha value is -0.810. The lowest BCUT2D eigenvalue weighted by Gasteiger charge is -2.22. The minimum absolute atomic E-state index is 0.533. The summed E-state index contributed by atoms with van der Waals surface area (Å²) in [6.45, 7) is 6.92. The third-order valence-electron chi connectivity index (χ3n) is 3.89. The number of nitrogens with zero attached hydrogens (tertiary/aromatic N) is 2. The maximum atomic E-state index is 5.91. The number of guanidine groups is 1. The van der Waals surface area contributed by atoms with Crippen LogP contribution in [0.1, 0.15) is 45.4 Å². The summed E-state index contributed by atoms with van der Waals surface area (Å²) < 4.78 is 5.15. The molecule has 1 atom stereocenters. The number of hydrogen-bond acceptors (Lipinski definition) is 3. The van der Waals surface area contributed by atoms with Gasteiger partial charge in [-0.1, -0.05) is 26.2 Å². The molecular weight excluding hydrogens is 252 g/mol. The molecule has 0 aromatic carbocycles. The maximum Gasteiger partial charge on any atom is 0.188 e. The van der Waals surface area contributed by atoms with Gasteiger partial charge in [0.15, 0.2) is 5.96 Å². The first-order chi connectivity index (χ1) is 9.77. The third kappa shape index (κ3) is 7.10. The summed E-state index contributed by atoms with van der Waals surface area (Å²) in [4.78, 5) is 6.94. The number of nitrogens with one attached hydrogen (secondary N) is 1. The van der Waals surface area contributed by atoms with Crippen molar-refractivity contribution in [3.8, 4) is 0 Å². The molecule has 5 nitrogen and oxygen atoms in total. The van der Waals surface area contributed by atoms with Crippen LogP contribution in [0.3, 0.4) is 0 Å². The lowest BCUT2D eigenvalue weighted by molar-refractivity contribution is 0.143. The molecule has 0 amide bonds. The van der Waals surface area contributed by atoms with E-state index in [1.165, 1.54) is 38.5 Å². The molecule has 0 radical (unpaired) electrons. The van der Waals surface area contributed by atoms with Gasteiger partial charge in [0.1, 0.15) is 0 Å². The molecule has 0 aromatic rings. The zero-order chi connectivity index (χ0) is 14.6. The second kappa shape index (κ2) is 10.9. The van der Waals surface area contributed by atoms with Gasteiger partial charge in [-0.05, 0) is 25.8 Å². The Morgan fingerprint density at radius 1 is 1.40 bits per heavy atom. The van der Waals surface area contributed by atoms with E-state index in [0.717, 1.165) is 32.8 Å². The van der Waals surface area contributed by atoms with Crippen molar-refractivity contribution >= 4 is 5.96 Å². The predicted molar refractivity (Wildman–Crippen MR) is 85.1 cm³/mol. The lowest BCUT2D eigenvalue weighted by atomic mass is 10.2. The fraction of sp³-hybridized carbons (Fsp3) is 0.933. The summed E-state index contributed by atoms with van der Waals surface area (Å²) in [6.07, 6.45) is 7.49. The van der Waals surface area contributed by atoms with Gasteiger partial charge in [-0.25, -0.2) is 0 Å². The highest BCUT2D eigenvalue weighted by Gasteiger charge is 2.23. The molecule has 1 rings (SSSR count). The smallest absolute Gasteiger partial charge is 0.188 e. The van der Waals surface area contributed by atoms with Crippen LogP contribution in [0.4, 0.5) is 0 Å². The Morgan fingerprint density at radius 3 is 3.00 bits per heavy atom. The molecule has 0 saturated carbocycles. The number of hydrogen-bond donors (Lipinski definition) is 2. The number of unbranched alkanes of at least 4 members (excludes halogenated alkanes) is 3. The second-order valence-corrected chi connectivity index (χ2v) is 5.54. The molecule has 1 saturated heterocycles. The summed E-state index contributed by atoms with van der Waals surface area (Å²) in [5, 5.41) is 3.21. The van der Waals surface area contributed by atoms with Gasteiger partial charge < -0.3 is 15.8 Å². The predicted octanol–water partition coefficient (Wildman–Crippen LogP) is 1.58. The van der Waals surface area contributed by atoms with Crippen LogP contribution in [0, 0.1) is 0 Å². The van der Waals surface area contributed by atoms with Crippen molar-refractivity contribution in [1.29, 1.82) is 0 Å². The van der Waals surface area contributed by atoms with Crippen LogP contribution in [0.2, 0.25) is 0 Å². The highest BCUT2D eigenvalue weighted by atomic mass is 16.5. The lowest BCUT2D eigenvalue weighted by Crippen LogP contribution is -2.37. The summed E-state index contributed by atoms with van der Waals surface area (Å²) in [5.74, 6) is 0.597. The van der Waals surface area contributed by atoms with Gasteiger partial charge in [0, 0.05) is 26.2 Å². The number of ether oxygens (including phenoxy) is 1. The van der Waals surface area contributed by atoms with Crippen molar-refractivity contribution in [2.75, 3.05) is 39.9 Å². The average Bonchev–Trinajstić information content (AvgIpc) is 2.90. The molecule has 1 fully saturated rings. The summed E-state index contributed by atoms with van der Waals surface area (Å²) in [5.41, 5.74) is 5.91. The van der Waals surface area contributed by atoms with Crippen LogP contribution in [0.15, 0.2) is 4.99 Å². The number of methoxy groups -OCH3 is 1. The Kier molecular flexibility index (Phi) is 9.41. The average molecular weight is 284 g/mol. The first-order valence-corrected chi connectivity index (χ1v) is 8.04. The Bertz CT molecular complexity index is 271. The zero-order valence-corrected chi connectivity index (χ0v) is 13.2. The van der Waals surface area contributed by atoms with Crippen LogP contribution in [0.25, 0.3) is 0 Å². The van der Waals surface area contributed by atoms with Crippen molar-refractivity contribution in [2.24, 2.45) is 10.7 Å². The summed E-state index contributed by atoms with van der Waals surface area (Å²) in [6, 6.07) is 0.533. The molecule has 1 aliphatic heterocycles. The van der Waals surface area contributed by atoms with E-state index in [-0.39, 0.29) is 0 Å². The number of likely N-dealkylation sites (tertiary alicyclic amines) is 1. The molecule has 20 heavy (non-hydrogen) atoms. The molecular formula is C15H32N4O. The highest BCUT2D eigenvalue weighted by Crippen LogP contribution is 2.16. The van der Waals surface area contributed by atoms with Gasteiger partial charge in [-0.15, -0.1) is 0 Å². The monoisotopic (exact) mass is 284 g/mol. The van der Waals surface area contributed by atoms with Crippen LogP contribution in [-0.4, -0.2) is 56.8 Å². The SMILES string of the molecule is CCCCCCNC(N)=NCC1CCCN1CCOC. The van der Waals surface area contributed by atoms with Gasteiger partial charge in [-0.3, -0.25) is 9.89 Å². The summed E-state index contributed by atoms with van der Waals surface area (Å²) in [7, 11) is 1.75. The first-order valence-electron chi connectivity index (χ1n) is 8.04. The van der Waals surface area contributed by atoms with E-state index in [2.05, 4.69) is 22.1 Å². The van der Waals surface area contributed by atoms with Gasteiger partial charge >= 0.3 is 0 Å². The minimum atomic E-state index is 0.533. The van der Waals surface area contributed by atoms with E-state index < -0.39 is 0 Å². The quantitative estimate of drug-likeness (QED) is 0.363. The molecule has 0 bridgehead atoms. The topological polar surface area (TPSA) is 62.9 Å². The van der Waals surface area contributed by atoms with Gasteiger partial charge in [-0.2, -0.15) is 0 Å². The standard InChI is InChI=1S/C15H32N4O/c1-3-4-5-6-9-17-15(16)18-13-14-8-7-10-19(14)11-12-20-2/h14H,3-13H2,1-2H3,(H3,16,17,18). The van der Waals surface area contributed by atoms with E-state index in [1.54, 1.807) is 7.11 Å². The molecule has 3 N–H and O–H groups in total. The van der Waals surface area contributed by atoms with E-state index in [0.29, 0.717) is 12.0 Å². The molecule has 5 heteroatoms. The van der Waals surface area contributed by atoms with Crippen LogP contribution in [0.5, 0.6) is 0 Å². The molecule has 1 heterocycles. The first kappa shape index (κ1) is 17.2. The van der Waals surface area contributed by atoms with E-state index >= 15 is 0 Å². The second-order valence-electron chi connectivity index (χ2n) is 5.54. The van der Waals surface area contributed by atoms with Crippen LogP contribution in [-0.2, 0) is 4.74 Å². The van der Waals surface area contributed by atoms with Gasteiger partial charge in [0.2, 0.25) is 0 Å². The van der Waals surface area contributed by atoms with E-state index in [4.69, 9.17) is 10.5 Å². The van der Waals surface area contributed by atoms with E-state index in [1.807, 2.05) is 0 Å². The maximum absolute atomic E-state index is 5.91. The van der Waals surface area contributed by atoms with Crippen molar-refractivity contribution in [1.82, 2.24) is 10.2 Å². The number of nitrogens with two attached hydrogens (primary N) is 1. The number of rotatable bonds is 10. The fourth-order valence-corrected chi connectivity index (χ4v) is 2.63. The zero-order valence-electron chi connectivity index (χ0n) is 13.2. The molecule has 1 aliphatic rings. The van der Waals surface area contributed by atoms with Crippen LogP contribution < -0.4 is 11.1 Å². The number of aliphatic imine (C=N–C) groups is 1. The van der Waals surface area contributed by atoms with Crippen LogP contribution >= 0.6 is 0 Å². The normalized spacial score (nSPS) is 20.5. The molecule has 0 aliphatic carbocycles. The molecule has 1 unspecified atom stereocenters. The van der Waals surface area contributed by atoms with E-state index in [9.17, 15) is 0 Å². The molecule has 0 spiro atoms. The highest BCUT2D eigenvalue weighted by molar-refractivity contribution is 5.77. The van der Waals surface area contributed by atoms with Crippen molar-refractivity contribution < 1.29 is 4.74 Å². The van der Waals surface area contributed by atoms with Crippen molar-refractivity contribution in [3.05, 3.63) is 0 Å². The van der Waals surface area contributed by atoms with Gasteiger partial charge in [0.05, 0.1) is 13.2 Å². The van der Waals surface area contributed by atoms with Gasteiger partial charge in [0.25, 0.3) is 0 Å². The third-order valence-corrected chi connectivity index (χ3v) is 3.89. The largest absolute Gasteiger partial charge is 0.383 e. The molecule has 118 valence electrons. The summed E-state index contributed by atoms with van der Waals surface area (Å²) >= 11 is 0.